The molecule has 4 nitrogen and oxygen atoms in total. The van der Waals surface area contributed by atoms with Crippen molar-refractivity contribution in [3.8, 4) is 0 Å². The molecule has 2 aromatic heterocycles. The maximum absolute atomic E-state index is 12.8. The lowest BCUT2D eigenvalue weighted by molar-refractivity contribution is 0.0667. The number of nitrogens with zero attached hydrogens (tertiary/aromatic N) is 3. The molecule has 1 saturated carbocycles. The summed E-state index contributed by atoms with van der Waals surface area (Å²) >= 11 is 0. The fraction of sp³-hybridized carbons (Fsp3) is 0.533. The summed E-state index contributed by atoms with van der Waals surface area (Å²) in [5.41, 5.74) is 1.23. The molecule has 0 spiro atoms. The number of halogens is 2. The van der Waals surface area contributed by atoms with Gasteiger partial charge in [-0.3, -0.25) is 4.57 Å². The predicted molar refractivity (Wildman–Crippen MR) is 76.2 cm³/mol. The molecule has 6 heteroatoms. The van der Waals surface area contributed by atoms with Crippen molar-refractivity contribution in [2.24, 2.45) is 5.92 Å². The van der Waals surface area contributed by atoms with Gasteiger partial charge in [0.15, 0.2) is 0 Å². The van der Waals surface area contributed by atoms with E-state index < -0.39 is 6.55 Å². The average molecular weight is 294 g/mol. The number of aromatic nitrogens is 3. The molecule has 1 unspecified atom stereocenters. The standard InChI is InChI=1S/C15H20F2N4/c1-2-18-14(11-3-4-11)12-5-7-20(9-12)10-13-19-6-8-21(13)15(16)17/h5-9,11,14-15,18H,2-4,10H2,1H3. The van der Waals surface area contributed by atoms with Gasteiger partial charge in [-0.25, -0.2) is 4.98 Å². The molecule has 3 rings (SSSR count). The fourth-order valence-corrected chi connectivity index (χ4v) is 2.76. The Bertz CT molecular complexity index is 586. The van der Waals surface area contributed by atoms with Crippen LogP contribution in [0.2, 0.25) is 0 Å². The van der Waals surface area contributed by atoms with E-state index in [9.17, 15) is 8.78 Å². The van der Waals surface area contributed by atoms with Crippen LogP contribution in [-0.4, -0.2) is 20.7 Å². The first-order chi connectivity index (χ1) is 10.2. The van der Waals surface area contributed by atoms with Crippen LogP contribution >= 0.6 is 0 Å². The van der Waals surface area contributed by atoms with E-state index in [0.717, 1.165) is 11.1 Å². The Morgan fingerprint density at radius 3 is 2.86 bits per heavy atom. The number of imidazole rings is 1. The van der Waals surface area contributed by atoms with Crippen LogP contribution in [0.25, 0.3) is 0 Å². The SMILES string of the molecule is CCNC(c1ccn(Cc2nccn2C(F)F)c1)C1CC1. The average Bonchev–Trinajstić information content (AvgIpc) is 3.00. The maximum atomic E-state index is 12.8. The zero-order valence-electron chi connectivity index (χ0n) is 12.0. The molecule has 1 atom stereocenters. The van der Waals surface area contributed by atoms with Gasteiger partial charge in [-0.1, -0.05) is 6.92 Å². The highest BCUT2D eigenvalue weighted by Gasteiger charge is 2.32. The largest absolute Gasteiger partial charge is 0.346 e. The highest BCUT2D eigenvalue weighted by molar-refractivity contribution is 5.19. The summed E-state index contributed by atoms with van der Waals surface area (Å²) < 4.78 is 28.5. The van der Waals surface area contributed by atoms with E-state index in [4.69, 9.17) is 0 Å². The summed E-state index contributed by atoms with van der Waals surface area (Å²) in [6.45, 7) is 0.855. The number of alkyl halides is 2. The molecular weight excluding hydrogens is 274 g/mol. The second kappa shape index (κ2) is 5.97. The normalized spacial score (nSPS) is 16.6. The molecule has 0 radical (unpaired) electrons. The number of nitrogens with one attached hydrogen (secondary N) is 1. The first kappa shape index (κ1) is 14.3. The third-order valence-electron chi connectivity index (χ3n) is 3.93. The van der Waals surface area contributed by atoms with Crippen molar-refractivity contribution < 1.29 is 8.78 Å². The van der Waals surface area contributed by atoms with Gasteiger partial charge in [0.1, 0.15) is 5.82 Å². The van der Waals surface area contributed by atoms with Crippen LogP contribution in [0.4, 0.5) is 8.78 Å². The Morgan fingerprint density at radius 2 is 2.19 bits per heavy atom. The number of hydrogen-bond donors (Lipinski definition) is 1. The molecule has 1 aliphatic carbocycles. The Balaban J connectivity index is 1.73. The molecular formula is C15H20F2N4. The molecule has 0 saturated heterocycles. The van der Waals surface area contributed by atoms with Gasteiger partial charge >= 0.3 is 6.55 Å². The van der Waals surface area contributed by atoms with Crippen LogP contribution in [0.3, 0.4) is 0 Å². The van der Waals surface area contributed by atoms with Gasteiger partial charge in [0.2, 0.25) is 0 Å². The van der Waals surface area contributed by atoms with Gasteiger partial charge in [-0.15, -0.1) is 0 Å². The van der Waals surface area contributed by atoms with Crippen molar-refractivity contribution in [2.45, 2.75) is 38.9 Å². The smallest absolute Gasteiger partial charge is 0.319 e. The second-order valence-corrected chi connectivity index (χ2v) is 5.52. The van der Waals surface area contributed by atoms with E-state index in [-0.39, 0.29) is 0 Å². The van der Waals surface area contributed by atoms with Crippen molar-refractivity contribution in [3.05, 3.63) is 42.2 Å². The molecule has 2 heterocycles. The Labute approximate surface area is 122 Å². The van der Waals surface area contributed by atoms with Crippen molar-refractivity contribution in [1.82, 2.24) is 19.4 Å². The lowest BCUT2D eigenvalue weighted by Gasteiger charge is -2.15. The van der Waals surface area contributed by atoms with Gasteiger partial charge in [-0.05, 0) is 36.9 Å². The Kier molecular flexibility index (Phi) is 4.05. The summed E-state index contributed by atoms with van der Waals surface area (Å²) in [5, 5.41) is 3.51. The van der Waals surface area contributed by atoms with E-state index >= 15 is 0 Å². The van der Waals surface area contributed by atoms with E-state index in [1.807, 2.05) is 17.0 Å². The van der Waals surface area contributed by atoms with Gasteiger partial charge in [0, 0.05) is 30.8 Å². The van der Waals surface area contributed by atoms with Crippen LogP contribution in [0.15, 0.2) is 30.9 Å². The highest BCUT2D eigenvalue weighted by Crippen LogP contribution is 2.41. The van der Waals surface area contributed by atoms with Crippen LogP contribution in [-0.2, 0) is 6.54 Å². The first-order valence-electron chi connectivity index (χ1n) is 7.38. The van der Waals surface area contributed by atoms with Crippen LogP contribution in [0.5, 0.6) is 0 Å². The minimum absolute atomic E-state index is 0.362. The van der Waals surface area contributed by atoms with Crippen molar-refractivity contribution in [1.29, 1.82) is 0 Å². The Morgan fingerprint density at radius 1 is 1.38 bits per heavy atom. The predicted octanol–water partition coefficient (Wildman–Crippen LogP) is 3.19. The molecule has 21 heavy (non-hydrogen) atoms. The summed E-state index contributed by atoms with van der Waals surface area (Å²) in [4.78, 5) is 4.02. The first-order valence-corrected chi connectivity index (χ1v) is 7.38. The highest BCUT2D eigenvalue weighted by atomic mass is 19.3. The van der Waals surface area contributed by atoms with Crippen molar-refractivity contribution >= 4 is 0 Å². The van der Waals surface area contributed by atoms with Gasteiger partial charge < -0.3 is 9.88 Å². The molecule has 0 aliphatic heterocycles. The lowest BCUT2D eigenvalue weighted by Crippen LogP contribution is -2.22. The summed E-state index contributed by atoms with van der Waals surface area (Å²) in [5.74, 6) is 1.09. The zero-order valence-corrected chi connectivity index (χ0v) is 12.0. The molecule has 114 valence electrons. The van der Waals surface area contributed by atoms with Crippen molar-refractivity contribution in [3.63, 3.8) is 0 Å². The van der Waals surface area contributed by atoms with Crippen LogP contribution < -0.4 is 5.32 Å². The third-order valence-corrected chi connectivity index (χ3v) is 3.93. The van der Waals surface area contributed by atoms with Crippen molar-refractivity contribution in [2.75, 3.05) is 6.54 Å². The minimum Gasteiger partial charge on any atom is -0.346 e. The molecule has 0 bridgehead atoms. The quantitative estimate of drug-likeness (QED) is 0.851. The summed E-state index contributed by atoms with van der Waals surface area (Å²) in [7, 11) is 0. The van der Waals surface area contributed by atoms with Crippen LogP contribution in [0, 0.1) is 5.92 Å². The lowest BCUT2D eigenvalue weighted by atomic mass is 10.1. The summed E-state index contributed by atoms with van der Waals surface area (Å²) in [6.07, 6.45) is 9.23. The third kappa shape index (κ3) is 3.15. The van der Waals surface area contributed by atoms with Gasteiger partial charge in [-0.2, -0.15) is 8.78 Å². The van der Waals surface area contributed by atoms with E-state index in [1.165, 1.54) is 30.8 Å². The Hall–Kier alpha value is -1.69. The molecule has 0 amide bonds. The van der Waals surface area contributed by atoms with Gasteiger partial charge in [0.05, 0.1) is 6.54 Å². The zero-order chi connectivity index (χ0) is 14.8. The molecule has 2 aromatic rings. The molecule has 1 N–H and O–H groups in total. The fourth-order valence-electron chi connectivity index (χ4n) is 2.76. The number of hydrogen-bond acceptors (Lipinski definition) is 2. The second-order valence-electron chi connectivity index (χ2n) is 5.52. The van der Waals surface area contributed by atoms with E-state index in [2.05, 4.69) is 23.3 Å². The molecule has 0 aromatic carbocycles. The van der Waals surface area contributed by atoms with Gasteiger partial charge in [0.25, 0.3) is 0 Å². The van der Waals surface area contributed by atoms with E-state index in [0.29, 0.717) is 24.3 Å². The maximum Gasteiger partial charge on any atom is 0.319 e. The minimum atomic E-state index is -2.54. The number of rotatable bonds is 7. The monoisotopic (exact) mass is 294 g/mol. The summed E-state index contributed by atoms with van der Waals surface area (Å²) in [6, 6.07) is 2.45. The molecule has 1 fully saturated rings. The topological polar surface area (TPSA) is 34.8 Å². The van der Waals surface area contributed by atoms with Crippen LogP contribution in [0.1, 0.15) is 43.7 Å². The van der Waals surface area contributed by atoms with E-state index in [1.54, 1.807) is 0 Å². The molecule has 1 aliphatic rings.